The molecule has 0 heterocycles. The molecule has 2 heteroatoms. The van der Waals surface area contributed by atoms with Gasteiger partial charge in [0, 0.05) is 0 Å². The molecule has 0 spiro atoms. The van der Waals surface area contributed by atoms with Crippen molar-refractivity contribution in [2.75, 3.05) is 6.61 Å². The van der Waals surface area contributed by atoms with Gasteiger partial charge < -0.3 is 9.84 Å². The lowest BCUT2D eigenvalue weighted by Gasteiger charge is -2.18. The Morgan fingerprint density at radius 3 is 2.64 bits per heavy atom. The molecule has 76 valence electrons. The minimum atomic E-state index is -0.936. The minimum Gasteiger partial charge on any atom is -0.384 e. The lowest BCUT2D eigenvalue weighted by Crippen LogP contribution is -2.27. The van der Waals surface area contributed by atoms with E-state index >= 15 is 0 Å². The third kappa shape index (κ3) is 3.73. The van der Waals surface area contributed by atoms with Gasteiger partial charge >= 0.3 is 0 Å². The summed E-state index contributed by atoms with van der Waals surface area (Å²) in [5, 5.41) is 9.56. The highest BCUT2D eigenvalue weighted by molar-refractivity contribution is 5.13. The Morgan fingerprint density at radius 1 is 1.43 bits per heavy atom. The summed E-state index contributed by atoms with van der Waals surface area (Å²) in [6.07, 6.45) is 1.48. The van der Waals surface area contributed by atoms with Crippen LogP contribution in [-0.4, -0.2) is 17.3 Å². The van der Waals surface area contributed by atoms with Gasteiger partial charge in [-0.25, -0.2) is 0 Å². The maximum Gasteiger partial charge on any atom is 0.103 e. The molecule has 0 unspecified atom stereocenters. The van der Waals surface area contributed by atoms with Crippen LogP contribution in [0.1, 0.15) is 12.5 Å². The predicted molar refractivity (Wildman–Crippen MR) is 56.9 cm³/mol. The number of benzene rings is 1. The van der Waals surface area contributed by atoms with Crippen molar-refractivity contribution in [1.29, 1.82) is 0 Å². The molecule has 0 aliphatic heterocycles. The van der Waals surface area contributed by atoms with Crippen LogP contribution < -0.4 is 0 Å². The van der Waals surface area contributed by atoms with E-state index in [1.54, 1.807) is 6.92 Å². The van der Waals surface area contributed by atoms with Crippen molar-refractivity contribution in [3.05, 3.63) is 48.6 Å². The highest BCUT2D eigenvalue weighted by Crippen LogP contribution is 2.07. The Bertz CT molecular complexity index is 278. The summed E-state index contributed by atoms with van der Waals surface area (Å²) >= 11 is 0. The molecule has 1 atom stereocenters. The molecular formula is C12H16O2. The molecule has 0 amide bonds. The van der Waals surface area contributed by atoms with E-state index in [1.807, 2.05) is 30.3 Å². The molecule has 0 radical (unpaired) electrons. The lowest BCUT2D eigenvalue weighted by atomic mass is 10.1. The van der Waals surface area contributed by atoms with Crippen LogP contribution in [0.4, 0.5) is 0 Å². The summed E-state index contributed by atoms with van der Waals surface area (Å²) in [5.74, 6) is 0. The summed E-state index contributed by atoms with van der Waals surface area (Å²) in [5.41, 5.74) is 0.168. The second-order valence-corrected chi connectivity index (χ2v) is 3.54. The van der Waals surface area contributed by atoms with Crippen molar-refractivity contribution in [2.24, 2.45) is 0 Å². The maximum atomic E-state index is 9.56. The lowest BCUT2D eigenvalue weighted by molar-refractivity contribution is -0.00795. The highest BCUT2D eigenvalue weighted by Gasteiger charge is 2.14. The first-order valence-electron chi connectivity index (χ1n) is 4.62. The number of aliphatic hydroxyl groups is 1. The van der Waals surface area contributed by atoms with Gasteiger partial charge in [-0.1, -0.05) is 36.4 Å². The molecule has 0 aliphatic carbocycles. The summed E-state index contributed by atoms with van der Waals surface area (Å²) < 4.78 is 5.35. The standard InChI is InChI=1S/C12H16O2/c1-3-12(2,13)10-14-9-11-7-5-4-6-8-11/h3-8,13H,1,9-10H2,2H3/t12-/m0/s1. The fourth-order valence-corrected chi connectivity index (χ4v) is 1.01. The molecule has 1 aromatic rings. The molecule has 1 N–H and O–H groups in total. The molecule has 2 nitrogen and oxygen atoms in total. The average molecular weight is 192 g/mol. The smallest absolute Gasteiger partial charge is 0.103 e. The van der Waals surface area contributed by atoms with Gasteiger partial charge in [0.05, 0.1) is 13.2 Å². The number of hydrogen-bond acceptors (Lipinski definition) is 2. The second kappa shape index (κ2) is 4.94. The zero-order valence-electron chi connectivity index (χ0n) is 8.44. The van der Waals surface area contributed by atoms with Crippen LogP contribution in [0.3, 0.4) is 0 Å². The van der Waals surface area contributed by atoms with Crippen molar-refractivity contribution in [3.8, 4) is 0 Å². The van der Waals surface area contributed by atoms with E-state index in [1.165, 1.54) is 6.08 Å². The Hall–Kier alpha value is -1.12. The largest absolute Gasteiger partial charge is 0.384 e. The van der Waals surface area contributed by atoms with Crippen LogP contribution in [0.2, 0.25) is 0 Å². The molecule has 0 saturated heterocycles. The van der Waals surface area contributed by atoms with Crippen molar-refractivity contribution in [2.45, 2.75) is 19.1 Å². The van der Waals surface area contributed by atoms with Gasteiger partial charge in [-0.15, -0.1) is 6.58 Å². The Balaban J connectivity index is 2.32. The van der Waals surface area contributed by atoms with Crippen LogP contribution in [0.25, 0.3) is 0 Å². The first-order chi connectivity index (χ1) is 6.64. The molecule has 0 saturated carbocycles. The molecule has 0 aromatic heterocycles. The molecule has 0 fully saturated rings. The van der Waals surface area contributed by atoms with Gasteiger partial charge in [-0.3, -0.25) is 0 Å². The van der Waals surface area contributed by atoms with E-state index in [0.29, 0.717) is 6.61 Å². The van der Waals surface area contributed by atoms with E-state index < -0.39 is 5.60 Å². The number of rotatable bonds is 5. The van der Waals surface area contributed by atoms with Gasteiger partial charge in [-0.2, -0.15) is 0 Å². The van der Waals surface area contributed by atoms with Crippen LogP contribution in [0, 0.1) is 0 Å². The molecule has 0 aliphatic rings. The van der Waals surface area contributed by atoms with Gasteiger partial charge in [0.2, 0.25) is 0 Å². The number of hydrogen-bond donors (Lipinski definition) is 1. The molecule has 1 rings (SSSR count). The van der Waals surface area contributed by atoms with Crippen LogP contribution >= 0.6 is 0 Å². The summed E-state index contributed by atoms with van der Waals surface area (Å²) in [7, 11) is 0. The quantitative estimate of drug-likeness (QED) is 0.724. The number of ether oxygens (including phenoxy) is 1. The first kappa shape index (κ1) is 11.0. The molecule has 14 heavy (non-hydrogen) atoms. The van der Waals surface area contributed by atoms with Gasteiger partial charge in [-0.05, 0) is 12.5 Å². The zero-order chi connectivity index (χ0) is 10.4. The fourth-order valence-electron chi connectivity index (χ4n) is 1.01. The summed E-state index contributed by atoms with van der Waals surface area (Å²) in [6, 6.07) is 9.86. The average Bonchev–Trinajstić information content (AvgIpc) is 2.19. The fraction of sp³-hybridized carbons (Fsp3) is 0.333. The SMILES string of the molecule is C=C[C@](C)(O)COCc1ccccc1. The van der Waals surface area contributed by atoms with Crippen LogP contribution in [0.5, 0.6) is 0 Å². The molecular weight excluding hydrogens is 176 g/mol. The van der Waals surface area contributed by atoms with Crippen molar-refractivity contribution in [3.63, 3.8) is 0 Å². The van der Waals surface area contributed by atoms with E-state index in [0.717, 1.165) is 5.56 Å². The third-order valence-corrected chi connectivity index (χ3v) is 1.95. The van der Waals surface area contributed by atoms with Crippen molar-refractivity contribution < 1.29 is 9.84 Å². The van der Waals surface area contributed by atoms with Crippen molar-refractivity contribution in [1.82, 2.24) is 0 Å². The zero-order valence-corrected chi connectivity index (χ0v) is 8.44. The van der Waals surface area contributed by atoms with Gasteiger partial charge in [0.1, 0.15) is 5.60 Å². The normalized spacial score (nSPS) is 14.7. The van der Waals surface area contributed by atoms with E-state index in [2.05, 4.69) is 6.58 Å². The minimum absolute atomic E-state index is 0.269. The maximum absolute atomic E-state index is 9.56. The van der Waals surface area contributed by atoms with Crippen LogP contribution in [-0.2, 0) is 11.3 Å². The second-order valence-electron chi connectivity index (χ2n) is 3.54. The first-order valence-corrected chi connectivity index (χ1v) is 4.62. The van der Waals surface area contributed by atoms with E-state index in [-0.39, 0.29) is 6.61 Å². The monoisotopic (exact) mass is 192 g/mol. The van der Waals surface area contributed by atoms with Crippen molar-refractivity contribution >= 4 is 0 Å². The van der Waals surface area contributed by atoms with E-state index in [9.17, 15) is 5.11 Å². The summed E-state index contributed by atoms with van der Waals surface area (Å²) in [6.45, 7) is 5.99. The summed E-state index contributed by atoms with van der Waals surface area (Å²) in [4.78, 5) is 0. The topological polar surface area (TPSA) is 29.5 Å². The Morgan fingerprint density at radius 2 is 2.07 bits per heavy atom. The van der Waals surface area contributed by atoms with Gasteiger partial charge in [0.15, 0.2) is 0 Å². The molecule has 1 aromatic carbocycles. The third-order valence-electron chi connectivity index (χ3n) is 1.95. The highest BCUT2D eigenvalue weighted by atomic mass is 16.5. The van der Waals surface area contributed by atoms with Gasteiger partial charge in [0.25, 0.3) is 0 Å². The molecule has 0 bridgehead atoms. The van der Waals surface area contributed by atoms with Crippen LogP contribution in [0.15, 0.2) is 43.0 Å². The van der Waals surface area contributed by atoms with E-state index in [4.69, 9.17) is 4.74 Å². The predicted octanol–water partition coefficient (Wildman–Crippen LogP) is 2.14. The Kier molecular flexibility index (Phi) is 3.86. The Labute approximate surface area is 84.8 Å².